The van der Waals surface area contributed by atoms with E-state index in [1.165, 1.54) is 13.2 Å². The van der Waals surface area contributed by atoms with Gasteiger partial charge in [-0.25, -0.2) is 4.39 Å². The maximum Gasteiger partial charge on any atom is 0.323 e. The van der Waals surface area contributed by atoms with Gasteiger partial charge in [-0.2, -0.15) is 0 Å². The van der Waals surface area contributed by atoms with Gasteiger partial charge in [-0.15, -0.1) is 0 Å². The number of ether oxygens (including phenoxy) is 2. The molecule has 27 heavy (non-hydrogen) atoms. The summed E-state index contributed by atoms with van der Waals surface area (Å²) in [5.41, 5.74) is 3.39. The highest BCUT2D eigenvalue weighted by atomic mass is 19.1. The highest BCUT2D eigenvalue weighted by molar-refractivity contribution is 5.76. The number of hydrogen-bond acceptors (Lipinski definition) is 4. The van der Waals surface area contributed by atoms with Crippen LogP contribution in [-0.2, 0) is 16.0 Å². The van der Waals surface area contributed by atoms with E-state index in [2.05, 4.69) is 12.2 Å². The molecule has 4 nitrogen and oxygen atoms in total. The first-order valence-electron chi connectivity index (χ1n) is 9.27. The Morgan fingerprint density at radius 3 is 2.52 bits per heavy atom. The predicted molar refractivity (Wildman–Crippen MR) is 106 cm³/mol. The minimum atomic E-state index is -0.587. The van der Waals surface area contributed by atoms with E-state index in [4.69, 9.17) is 9.47 Å². The Labute approximate surface area is 160 Å². The number of unbranched alkanes of at least 4 members (excludes halogenated alkanes) is 1. The van der Waals surface area contributed by atoms with Crippen LogP contribution in [0.4, 0.5) is 4.39 Å². The van der Waals surface area contributed by atoms with E-state index in [9.17, 15) is 9.18 Å². The Balaban J connectivity index is 2.24. The molecule has 146 valence electrons. The van der Waals surface area contributed by atoms with Gasteiger partial charge in [0, 0.05) is 6.42 Å². The van der Waals surface area contributed by atoms with E-state index in [0.29, 0.717) is 12.2 Å². The molecule has 0 amide bonds. The summed E-state index contributed by atoms with van der Waals surface area (Å²) in [6, 6.07) is 10.3. The molecule has 1 N–H and O–H groups in total. The second kappa shape index (κ2) is 10.1. The summed E-state index contributed by atoms with van der Waals surface area (Å²) in [4.78, 5) is 11.8. The van der Waals surface area contributed by atoms with Crippen molar-refractivity contribution in [2.75, 3.05) is 20.8 Å². The van der Waals surface area contributed by atoms with Crippen molar-refractivity contribution in [3.63, 3.8) is 0 Å². The van der Waals surface area contributed by atoms with Crippen LogP contribution in [0.2, 0.25) is 0 Å². The van der Waals surface area contributed by atoms with Crippen molar-refractivity contribution in [1.29, 1.82) is 0 Å². The number of carbonyl (C=O) groups excluding carboxylic acids is 1. The van der Waals surface area contributed by atoms with Crippen LogP contribution in [0.3, 0.4) is 0 Å². The van der Waals surface area contributed by atoms with Crippen LogP contribution in [0.15, 0.2) is 36.4 Å². The van der Waals surface area contributed by atoms with E-state index in [0.717, 1.165) is 35.3 Å². The van der Waals surface area contributed by atoms with Gasteiger partial charge in [0.1, 0.15) is 17.6 Å². The first-order chi connectivity index (χ1) is 13.0. The summed E-state index contributed by atoms with van der Waals surface area (Å²) >= 11 is 0. The number of likely N-dealkylation sites (N-methyl/N-ethyl adjacent to an activating group) is 1. The number of benzene rings is 2. The molecule has 0 fully saturated rings. The third-order valence-electron chi connectivity index (χ3n) is 4.57. The summed E-state index contributed by atoms with van der Waals surface area (Å²) in [5.74, 6) is 0.126. The molecular formula is C22H28FNO3. The van der Waals surface area contributed by atoms with E-state index >= 15 is 0 Å². The minimum Gasteiger partial charge on any atom is -0.493 e. The lowest BCUT2D eigenvalue weighted by Crippen LogP contribution is -2.37. The van der Waals surface area contributed by atoms with Gasteiger partial charge in [0.15, 0.2) is 0 Å². The van der Waals surface area contributed by atoms with Crippen molar-refractivity contribution >= 4 is 5.97 Å². The molecule has 0 spiro atoms. The first kappa shape index (κ1) is 20.9. The van der Waals surface area contributed by atoms with Crippen molar-refractivity contribution in [1.82, 2.24) is 5.32 Å². The smallest absolute Gasteiger partial charge is 0.323 e. The van der Waals surface area contributed by atoms with Crippen molar-refractivity contribution in [3.05, 3.63) is 53.3 Å². The molecule has 0 radical (unpaired) electrons. The topological polar surface area (TPSA) is 47.6 Å². The van der Waals surface area contributed by atoms with Crippen molar-refractivity contribution in [2.24, 2.45) is 0 Å². The summed E-state index contributed by atoms with van der Waals surface area (Å²) in [6.45, 7) is 4.84. The van der Waals surface area contributed by atoms with Gasteiger partial charge >= 0.3 is 5.97 Å². The molecule has 0 aliphatic carbocycles. The number of carbonyl (C=O) groups is 1. The molecule has 0 bridgehead atoms. The van der Waals surface area contributed by atoms with Gasteiger partial charge in [0.2, 0.25) is 0 Å². The maximum absolute atomic E-state index is 14.3. The molecule has 0 aromatic heterocycles. The molecule has 0 unspecified atom stereocenters. The number of hydrogen-bond donors (Lipinski definition) is 1. The van der Waals surface area contributed by atoms with E-state index in [1.54, 1.807) is 19.2 Å². The molecular weight excluding hydrogens is 345 g/mol. The Bertz CT molecular complexity index is 776. The van der Waals surface area contributed by atoms with Crippen molar-refractivity contribution < 1.29 is 18.7 Å². The quantitative estimate of drug-likeness (QED) is 0.526. The summed E-state index contributed by atoms with van der Waals surface area (Å²) in [6.07, 6.45) is 2.34. The largest absolute Gasteiger partial charge is 0.493 e. The predicted octanol–water partition coefficient (Wildman–Crippen LogP) is 4.28. The van der Waals surface area contributed by atoms with Gasteiger partial charge in [-0.1, -0.05) is 25.5 Å². The van der Waals surface area contributed by atoms with Crippen LogP contribution in [0, 0.1) is 12.7 Å². The summed E-state index contributed by atoms with van der Waals surface area (Å²) < 4.78 is 24.8. The van der Waals surface area contributed by atoms with Gasteiger partial charge < -0.3 is 14.8 Å². The van der Waals surface area contributed by atoms with E-state index in [-0.39, 0.29) is 12.2 Å². The fourth-order valence-corrected chi connectivity index (χ4v) is 2.89. The van der Waals surface area contributed by atoms with Crippen LogP contribution in [0.5, 0.6) is 5.75 Å². The van der Waals surface area contributed by atoms with Crippen LogP contribution in [-0.4, -0.2) is 32.8 Å². The molecule has 0 saturated carbocycles. The molecule has 1 atom stereocenters. The van der Waals surface area contributed by atoms with Gasteiger partial charge in [-0.05, 0) is 66.9 Å². The zero-order valence-electron chi connectivity index (χ0n) is 16.5. The van der Waals surface area contributed by atoms with Crippen LogP contribution in [0.25, 0.3) is 11.1 Å². The molecule has 0 saturated heterocycles. The zero-order chi connectivity index (χ0) is 19.8. The molecule has 2 rings (SSSR count). The Morgan fingerprint density at radius 2 is 1.89 bits per heavy atom. The number of aryl methyl sites for hydroxylation is 1. The average Bonchev–Trinajstić information content (AvgIpc) is 2.68. The Hall–Kier alpha value is -2.40. The SMILES string of the molecule is CCCCOc1ccc(-c2ccc(F)c(C[C@H](NC)C(=O)OC)c2)cc1C. The highest BCUT2D eigenvalue weighted by Gasteiger charge is 2.19. The monoisotopic (exact) mass is 373 g/mol. The number of nitrogens with one attached hydrogen (secondary N) is 1. The highest BCUT2D eigenvalue weighted by Crippen LogP contribution is 2.28. The number of esters is 1. The Morgan fingerprint density at radius 1 is 1.19 bits per heavy atom. The van der Waals surface area contributed by atoms with E-state index < -0.39 is 12.0 Å². The average molecular weight is 373 g/mol. The summed E-state index contributed by atoms with van der Waals surface area (Å²) in [7, 11) is 2.98. The fraction of sp³-hybridized carbons (Fsp3) is 0.409. The van der Waals surface area contributed by atoms with Crippen molar-refractivity contribution in [3.8, 4) is 16.9 Å². The molecule has 2 aromatic rings. The summed E-state index contributed by atoms with van der Waals surface area (Å²) in [5, 5.41) is 2.87. The Kier molecular flexibility index (Phi) is 7.80. The van der Waals surface area contributed by atoms with Crippen LogP contribution < -0.4 is 10.1 Å². The molecule has 0 aliphatic heterocycles. The normalized spacial score (nSPS) is 11.9. The van der Waals surface area contributed by atoms with Crippen molar-refractivity contribution in [2.45, 2.75) is 39.2 Å². The second-order valence-electron chi connectivity index (χ2n) is 6.56. The third kappa shape index (κ3) is 5.54. The van der Waals surface area contributed by atoms with Crippen LogP contribution in [0.1, 0.15) is 30.9 Å². The minimum absolute atomic E-state index is 0.222. The number of methoxy groups -OCH3 is 1. The molecule has 2 aromatic carbocycles. The lowest BCUT2D eigenvalue weighted by Gasteiger charge is -2.15. The molecule has 5 heteroatoms. The standard InChI is InChI=1S/C22H28FNO3/c1-5-6-11-27-21-10-8-16(12-15(21)2)17-7-9-19(23)18(13-17)14-20(24-3)22(25)26-4/h7-10,12-13,20,24H,5-6,11,14H2,1-4H3/t20-/m0/s1. The third-order valence-corrected chi connectivity index (χ3v) is 4.57. The van der Waals surface area contributed by atoms with Gasteiger partial charge in [-0.3, -0.25) is 4.79 Å². The number of rotatable bonds is 9. The molecule has 0 heterocycles. The lowest BCUT2D eigenvalue weighted by atomic mass is 9.97. The number of halogens is 1. The van der Waals surface area contributed by atoms with Crippen LogP contribution >= 0.6 is 0 Å². The fourth-order valence-electron chi connectivity index (χ4n) is 2.89. The van der Waals surface area contributed by atoms with E-state index in [1.807, 2.05) is 25.1 Å². The first-order valence-corrected chi connectivity index (χ1v) is 9.27. The van der Waals surface area contributed by atoms with Gasteiger partial charge in [0.05, 0.1) is 13.7 Å². The zero-order valence-corrected chi connectivity index (χ0v) is 16.5. The second-order valence-corrected chi connectivity index (χ2v) is 6.56. The lowest BCUT2D eigenvalue weighted by molar-refractivity contribution is -0.142. The maximum atomic E-state index is 14.3. The van der Waals surface area contributed by atoms with Gasteiger partial charge in [0.25, 0.3) is 0 Å². The molecule has 0 aliphatic rings.